The van der Waals surface area contributed by atoms with Gasteiger partial charge in [0, 0.05) is 6.42 Å². The molecule has 0 aliphatic rings. The van der Waals surface area contributed by atoms with E-state index < -0.39 is 0 Å². The molecule has 0 unspecified atom stereocenters. The first-order valence-corrected chi connectivity index (χ1v) is 3.94. The second-order valence-electron chi connectivity index (χ2n) is 2.63. The number of rotatable bonds is 4. The number of nitrogens with zero attached hydrogens (tertiary/aromatic N) is 1. The number of aromatic nitrogens is 1. The average Bonchev–Trinajstić information content (AvgIpc) is 2.37. The summed E-state index contributed by atoms with van der Waals surface area (Å²) in [5.74, 6) is 0.830. The summed E-state index contributed by atoms with van der Waals surface area (Å²) in [6.45, 7) is 2.68. The highest BCUT2D eigenvalue weighted by Gasteiger charge is 1.98. The van der Waals surface area contributed by atoms with E-state index >= 15 is 0 Å². The lowest BCUT2D eigenvalue weighted by Crippen LogP contribution is -1.98. The Morgan fingerprint density at radius 1 is 1.55 bits per heavy atom. The summed E-state index contributed by atoms with van der Waals surface area (Å²) >= 11 is 0. The van der Waals surface area contributed by atoms with Crippen LogP contribution in [0.4, 0.5) is 0 Å². The smallest absolute Gasteiger partial charge is 0.194 e. The number of nitrogens with two attached hydrogens (primary N) is 1. The summed E-state index contributed by atoms with van der Waals surface area (Å²) in [4.78, 5) is 4.18. The monoisotopic (exact) mass is 154 g/mol. The Labute approximate surface area is 66.6 Å². The van der Waals surface area contributed by atoms with Crippen molar-refractivity contribution in [3.05, 3.63) is 17.8 Å². The second kappa shape index (κ2) is 4.13. The molecule has 11 heavy (non-hydrogen) atoms. The fraction of sp³-hybridized carbons (Fsp3) is 0.625. The number of unbranched alkanes of at least 4 members (excludes halogenated alkanes) is 1. The van der Waals surface area contributed by atoms with E-state index in [1.807, 2.05) is 6.92 Å². The normalized spacial score (nSPS) is 10.4. The van der Waals surface area contributed by atoms with Crippen LogP contribution in [0.2, 0.25) is 0 Å². The topological polar surface area (TPSA) is 52.0 Å². The van der Waals surface area contributed by atoms with Crippen LogP contribution in [0.1, 0.15) is 24.4 Å². The average molecular weight is 154 g/mol. The number of hydrogen-bond donors (Lipinski definition) is 1. The summed E-state index contributed by atoms with van der Waals surface area (Å²) in [6, 6.07) is 0. The van der Waals surface area contributed by atoms with Gasteiger partial charge in [-0.05, 0) is 26.3 Å². The van der Waals surface area contributed by atoms with Crippen LogP contribution in [0.15, 0.2) is 10.7 Å². The van der Waals surface area contributed by atoms with Crippen LogP contribution in [0.3, 0.4) is 0 Å². The predicted octanol–water partition coefficient (Wildman–Crippen LogP) is 1.26. The summed E-state index contributed by atoms with van der Waals surface area (Å²) < 4.78 is 5.16. The fourth-order valence-corrected chi connectivity index (χ4v) is 0.938. The quantitative estimate of drug-likeness (QED) is 0.664. The molecule has 2 N–H and O–H groups in total. The molecule has 1 heterocycles. The summed E-state index contributed by atoms with van der Waals surface area (Å²) in [7, 11) is 0. The standard InChI is InChI=1S/C8H14N2O/c1-7-6-11-8(10-7)4-2-3-5-9/h6H,2-5,9H2,1H3. The minimum atomic E-state index is 0.750. The molecule has 62 valence electrons. The van der Waals surface area contributed by atoms with Crippen LogP contribution >= 0.6 is 0 Å². The van der Waals surface area contributed by atoms with Gasteiger partial charge in [-0.15, -0.1) is 0 Å². The molecule has 0 saturated heterocycles. The Morgan fingerprint density at radius 3 is 2.91 bits per heavy atom. The van der Waals surface area contributed by atoms with E-state index in [1.54, 1.807) is 6.26 Å². The van der Waals surface area contributed by atoms with Gasteiger partial charge in [0.15, 0.2) is 5.89 Å². The SMILES string of the molecule is Cc1coc(CCCCN)n1. The van der Waals surface area contributed by atoms with Gasteiger partial charge in [0.2, 0.25) is 0 Å². The highest BCUT2D eigenvalue weighted by Crippen LogP contribution is 2.04. The highest BCUT2D eigenvalue weighted by molar-refractivity contribution is 4.92. The van der Waals surface area contributed by atoms with Gasteiger partial charge in [0.1, 0.15) is 6.26 Å². The molecule has 0 aliphatic carbocycles. The zero-order valence-corrected chi connectivity index (χ0v) is 6.84. The molecular formula is C8H14N2O. The summed E-state index contributed by atoms with van der Waals surface area (Å²) in [5.41, 5.74) is 6.30. The van der Waals surface area contributed by atoms with E-state index in [-0.39, 0.29) is 0 Å². The number of oxazole rings is 1. The molecule has 0 amide bonds. The van der Waals surface area contributed by atoms with Gasteiger partial charge in [-0.1, -0.05) is 0 Å². The van der Waals surface area contributed by atoms with Gasteiger partial charge in [0.05, 0.1) is 5.69 Å². The first-order chi connectivity index (χ1) is 5.33. The molecule has 0 fully saturated rings. The van der Waals surface area contributed by atoms with E-state index in [0.29, 0.717) is 0 Å². The lowest BCUT2D eigenvalue weighted by Gasteiger charge is -1.92. The molecule has 0 saturated carbocycles. The minimum Gasteiger partial charge on any atom is -0.449 e. The van der Waals surface area contributed by atoms with Crippen molar-refractivity contribution in [3.63, 3.8) is 0 Å². The zero-order valence-electron chi connectivity index (χ0n) is 6.84. The van der Waals surface area contributed by atoms with Gasteiger partial charge in [-0.3, -0.25) is 0 Å². The fourth-order valence-electron chi connectivity index (χ4n) is 0.938. The molecule has 0 aromatic carbocycles. The molecular weight excluding hydrogens is 140 g/mol. The third kappa shape index (κ3) is 2.72. The molecule has 0 radical (unpaired) electrons. The maximum absolute atomic E-state index is 5.35. The molecule has 0 bridgehead atoms. The van der Waals surface area contributed by atoms with Crippen LogP contribution in [0.5, 0.6) is 0 Å². The van der Waals surface area contributed by atoms with E-state index in [9.17, 15) is 0 Å². The van der Waals surface area contributed by atoms with Crippen LogP contribution in [-0.4, -0.2) is 11.5 Å². The van der Waals surface area contributed by atoms with Gasteiger partial charge in [-0.2, -0.15) is 0 Å². The van der Waals surface area contributed by atoms with Crippen molar-refractivity contribution < 1.29 is 4.42 Å². The third-order valence-corrected chi connectivity index (χ3v) is 1.51. The molecule has 3 heteroatoms. The predicted molar refractivity (Wildman–Crippen MR) is 43.2 cm³/mol. The van der Waals surface area contributed by atoms with Crippen molar-refractivity contribution in [1.29, 1.82) is 0 Å². The largest absolute Gasteiger partial charge is 0.449 e. The molecule has 1 rings (SSSR count). The first-order valence-electron chi connectivity index (χ1n) is 3.94. The van der Waals surface area contributed by atoms with Crippen LogP contribution in [0, 0.1) is 6.92 Å². The second-order valence-corrected chi connectivity index (χ2v) is 2.63. The van der Waals surface area contributed by atoms with E-state index in [1.165, 1.54) is 0 Å². The molecule has 1 aromatic heterocycles. The minimum absolute atomic E-state index is 0.750. The van der Waals surface area contributed by atoms with Crippen LogP contribution < -0.4 is 5.73 Å². The molecule has 1 aromatic rings. The van der Waals surface area contributed by atoms with Crippen molar-refractivity contribution >= 4 is 0 Å². The summed E-state index contributed by atoms with van der Waals surface area (Å²) in [5, 5.41) is 0. The van der Waals surface area contributed by atoms with E-state index in [0.717, 1.165) is 37.4 Å². The lowest BCUT2D eigenvalue weighted by molar-refractivity contribution is 0.484. The Balaban J connectivity index is 2.27. The van der Waals surface area contributed by atoms with Gasteiger partial charge in [0.25, 0.3) is 0 Å². The maximum Gasteiger partial charge on any atom is 0.194 e. The zero-order chi connectivity index (χ0) is 8.10. The Kier molecular flexibility index (Phi) is 3.11. The lowest BCUT2D eigenvalue weighted by atomic mass is 10.2. The maximum atomic E-state index is 5.35. The van der Waals surface area contributed by atoms with Crippen molar-refractivity contribution in [2.24, 2.45) is 5.73 Å². The van der Waals surface area contributed by atoms with Crippen molar-refractivity contribution in [2.45, 2.75) is 26.2 Å². The molecule has 0 aliphatic heterocycles. The van der Waals surface area contributed by atoms with E-state index in [2.05, 4.69) is 4.98 Å². The van der Waals surface area contributed by atoms with Crippen molar-refractivity contribution in [3.8, 4) is 0 Å². The van der Waals surface area contributed by atoms with Gasteiger partial charge >= 0.3 is 0 Å². The van der Waals surface area contributed by atoms with Crippen LogP contribution in [-0.2, 0) is 6.42 Å². The van der Waals surface area contributed by atoms with Crippen molar-refractivity contribution in [1.82, 2.24) is 4.98 Å². The van der Waals surface area contributed by atoms with Gasteiger partial charge in [-0.25, -0.2) is 4.98 Å². The third-order valence-electron chi connectivity index (χ3n) is 1.51. The molecule has 3 nitrogen and oxygen atoms in total. The van der Waals surface area contributed by atoms with Crippen molar-refractivity contribution in [2.75, 3.05) is 6.54 Å². The Morgan fingerprint density at radius 2 is 2.36 bits per heavy atom. The molecule has 0 spiro atoms. The first kappa shape index (κ1) is 8.27. The van der Waals surface area contributed by atoms with E-state index in [4.69, 9.17) is 10.2 Å². The Bertz CT molecular complexity index is 208. The summed E-state index contributed by atoms with van der Waals surface area (Å²) in [6.07, 6.45) is 4.70. The highest BCUT2D eigenvalue weighted by atomic mass is 16.3. The Hall–Kier alpha value is -0.830. The number of aryl methyl sites for hydroxylation is 2. The number of hydrogen-bond acceptors (Lipinski definition) is 3. The van der Waals surface area contributed by atoms with Crippen LogP contribution in [0.25, 0.3) is 0 Å². The van der Waals surface area contributed by atoms with Gasteiger partial charge < -0.3 is 10.2 Å². The molecule has 0 atom stereocenters.